The minimum atomic E-state index is 0.426. The predicted molar refractivity (Wildman–Crippen MR) is 65.0 cm³/mol. The van der Waals surface area contributed by atoms with Crippen LogP contribution in [0.4, 0.5) is 0 Å². The van der Waals surface area contributed by atoms with Crippen molar-refractivity contribution in [3.63, 3.8) is 0 Å². The molecule has 0 amide bonds. The smallest absolute Gasteiger partial charge is 0.159 e. The Bertz CT molecular complexity index is 388. The average molecular weight is 218 g/mol. The second-order valence-electron chi connectivity index (χ2n) is 6.77. The van der Waals surface area contributed by atoms with Gasteiger partial charge in [0, 0.05) is 6.42 Å². The number of allylic oxidation sites excluding steroid dienone is 2. The Morgan fingerprint density at radius 1 is 1.25 bits per heavy atom. The van der Waals surface area contributed by atoms with E-state index in [9.17, 15) is 4.79 Å². The lowest BCUT2D eigenvalue weighted by molar-refractivity contribution is -0.115. The van der Waals surface area contributed by atoms with E-state index < -0.39 is 0 Å². The van der Waals surface area contributed by atoms with E-state index in [-0.39, 0.29) is 0 Å². The lowest BCUT2D eigenvalue weighted by atomic mass is 9.82. The summed E-state index contributed by atoms with van der Waals surface area (Å²) in [5.74, 6) is 3.32. The van der Waals surface area contributed by atoms with E-state index in [0.29, 0.717) is 17.1 Å². The van der Waals surface area contributed by atoms with Gasteiger partial charge in [0.15, 0.2) is 5.78 Å². The van der Waals surface area contributed by atoms with Gasteiger partial charge in [0.05, 0.1) is 0 Å². The summed E-state index contributed by atoms with van der Waals surface area (Å²) >= 11 is 0. The zero-order valence-corrected chi connectivity index (χ0v) is 10.8. The van der Waals surface area contributed by atoms with Crippen LogP contribution in [0.3, 0.4) is 0 Å². The molecule has 0 bridgehead atoms. The van der Waals surface area contributed by atoms with Crippen molar-refractivity contribution in [2.24, 2.45) is 29.1 Å². The SMILES string of the molecule is CC1=C2[C@@H](CC1=O)[C@@H](C)CC[C@H]1[C@H]2C1(C)C. The number of Topliss-reactive ketones (excluding diaryl/α,β-unsaturated/α-hetero) is 1. The van der Waals surface area contributed by atoms with E-state index in [1.807, 2.05) is 0 Å². The largest absolute Gasteiger partial charge is 0.295 e. The van der Waals surface area contributed by atoms with Gasteiger partial charge < -0.3 is 0 Å². The number of carbonyl (C=O) groups is 1. The second kappa shape index (κ2) is 3.00. The third kappa shape index (κ3) is 1.15. The molecule has 0 saturated heterocycles. The summed E-state index contributed by atoms with van der Waals surface area (Å²) in [7, 11) is 0. The van der Waals surface area contributed by atoms with Crippen LogP contribution in [0.25, 0.3) is 0 Å². The van der Waals surface area contributed by atoms with E-state index in [1.165, 1.54) is 12.8 Å². The molecule has 1 heteroatoms. The number of hydrogen-bond acceptors (Lipinski definition) is 1. The predicted octanol–water partition coefficient (Wildman–Crippen LogP) is 3.59. The normalized spacial score (nSPS) is 45.1. The van der Waals surface area contributed by atoms with Crippen LogP contribution >= 0.6 is 0 Å². The average Bonchev–Trinajstić information content (AvgIpc) is 2.68. The zero-order valence-electron chi connectivity index (χ0n) is 10.8. The summed E-state index contributed by atoms with van der Waals surface area (Å²) in [6, 6.07) is 0. The van der Waals surface area contributed by atoms with Gasteiger partial charge in [0.25, 0.3) is 0 Å². The van der Waals surface area contributed by atoms with Gasteiger partial charge in [-0.1, -0.05) is 26.3 Å². The Morgan fingerprint density at radius 2 is 1.94 bits per heavy atom. The van der Waals surface area contributed by atoms with Crippen molar-refractivity contribution in [1.29, 1.82) is 0 Å². The number of carbonyl (C=O) groups excluding carboxylic acids is 1. The topological polar surface area (TPSA) is 17.1 Å². The highest BCUT2D eigenvalue weighted by Gasteiger charge is 2.62. The molecule has 0 aromatic carbocycles. The lowest BCUT2D eigenvalue weighted by Crippen LogP contribution is -2.14. The number of ketones is 1. The molecule has 2 fully saturated rings. The van der Waals surface area contributed by atoms with E-state index in [2.05, 4.69) is 27.7 Å². The molecule has 0 spiro atoms. The Hall–Kier alpha value is -0.590. The maximum atomic E-state index is 11.9. The van der Waals surface area contributed by atoms with Crippen LogP contribution in [-0.4, -0.2) is 5.78 Å². The maximum absolute atomic E-state index is 11.9. The van der Waals surface area contributed by atoms with E-state index in [1.54, 1.807) is 5.57 Å². The molecule has 0 aliphatic heterocycles. The summed E-state index contributed by atoms with van der Waals surface area (Å²) in [6.07, 6.45) is 3.50. The van der Waals surface area contributed by atoms with Gasteiger partial charge in [-0.25, -0.2) is 0 Å². The standard InChI is InChI=1S/C15H22O/c1-8-5-6-11-14(15(11,3)4)13-9(2)12(16)7-10(8)13/h8,10-11,14H,5-7H2,1-4H3/t8-,10-,11-,14+/m0/s1. The highest BCUT2D eigenvalue weighted by molar-refractivity contribution is 5.99. The molecule has 3 aliphatic rings. The Labute approximate surface area is 98.3 Å². The molecule has 0 heterocycles. The number of rotatable bonds is 0. The Morgan fingerprint density at radius 3 is 2.62 bits per heavy atom. The molecular formula is C15H22O. The van der Waals surface area contributed by atoms with Crippen molar-refractivity contribution >= 4 is 5.78 Å². The number of hydrogen-bond donors (Lipinski definition) is 0. The van der Waals surface area contributed by atoms with Crippen molar-refractivity contribution in [2.75, 3.05) is 0 Å². The van der Waals surface area contributed by atoms with Gasteiger partial charge in [-0.05, 0) is 54.4 Å². The first-order valence-corrected chi connectivity index (χ1v) is 6.68. The minimum Gasteiger partial charge on any atom is -0.295 e. The quantitative estimate of drug-likeness (QED) is 0.607. The van der Waals surface area contributed by atoms with Gasteiger partial charge in [0.2, 0.25) is 0 Å². The maximum Gasteiger partial charge on any atom is 0.159 e. The molecule has 3 rings (SSSR count). The molecule has 1 nitrogen and oxygen atoms in total. The van der Waals surface area contributed by atoms with Crippen LogP contribution in [0.15, 0.2) is 11.1 Å². The first kappa shape index (κ1) is 10.6. The summed E-state index contributed by atoms with van der Waals surface area (Å²) in [4.78, 5) is 11.9. The summed E-state index contributed by atoms with van der Waals surface area (Å²) in [5, 5.41) is 0. The fraction of sp³-hybridized carbons (Fsp3) is 0.800. The Kier molecular flexibility index (Phi) is 1.98. The molecule has 3 aliphatic carbocycles. The molecule has 0 unspecified atom stereocenters. The van der Waals surface area contributed by atoms with Crippen molar-refractivity contribution in [3.05, 3.63) is 11.1 Å². The molecule has 0 radical (unpaired) electrons. The highest BCUT2D eigenvalue weighted by atomic mass is 16.1. The van der Waals surface area contributed by atoms with Crippen LogP contribution in [0.1, 0.15) is 47.0 Å². The summed E-state index contributed by atoms with van der Waals surface area (Å²) < 4.78 is 0. The molecular weight excluding hydrogens is 196 g/mol. The molecule has 0 aromatic heterocycles. The minimum absolute atomic E-state index is 0.426. The van der Waals surface area contributed by atoms with Gasteiger partial charge >= 0.3 is 0 Å². The van der Waals surface area contributed by atoms with Gasteiger partial charge in [0.1, 0.15) is 0 Å². The van der Waals surface area contributed by atoms with E-state index >= 15 is 0 Å². The second-order valence-corrected chi connectivity index (χ2v) is 6.77. The first-order chi connectivity index (χ1) is 7.44. The van der Waals surface area contributed by atoms with Crippen molar-refractivity contribution < 1.29 is 4.79 Å². The van der Waals surface area contributed by atoms with Crippen LogP contribution in [-0.2, 0) is 4.79 Å². The highest BCUT2D eigenvalue weighted by Crippen LogP contribution is 2.68. The van der Waals surface area contributed by atoms with Crippen LogP contribution < -0.4 is 0 Å². The van der Waals surface area contributed by atoms with Gasteiger partial charge in [-0.2, -0.15) is 0 Å². The van der Waals surface area contributed by atoms with Crippen molar-refractivity contribution in [1.82, 2.24) is 0 Å². The fourth-order valence-corrected chi connectivity index (χ4v) is 4.42. The third-order valence-electron chi connectivity index (χ3n) is 5.66. The summed E-state index contributed by atoms with van der Waals surface area (Å²) in [6.45, 7) is 9.19. The third-order valence-corrected chi connectivity index (χ3v) is 5.66. The zero-order chi connectivity index (χ0) is 11.7. The summed E-state index contributed by atoms with van der Waals surface area (Å²) in [5.41, 5.74) is 3.16. The fourth-order valence-electron chi connectivity index (χ4n) is 4.42. The van der Waals surface area contributed by atoms with E-state index in [4.69, 9.17) is 0 Å². The Balaban J connectivity index is 2.05. The van der Waals surface area contributed by atoms with Gasteiger partial charge in [-0.15, -0.1) is 0 Å². The van der Waals surface area contributed by atoms with E-state index in [0.717, 1.165) is 29.7 Å². The van der Waals surface area contributed by atoms with Crippen molar-refractivity contribution in [2.45, 2.75) is 47.0 Å². The molecule has 4 atom stereocenters. The van der Waals surface area contributed by atoms with Crippen LogP contribution in [0.2, 0.25) is 0 Å². The first-order valence-electron chi connectivity index (χ1n) is 6.68. The monoisotopic (exact) mass is 218 g/mol. The molecule has 0 aromatic rings. The van der Waals surface area contributed by atoms with Crippen molar-refractivity contribution in [3.8, 4) is 0 Å². The molecule has 2 saturated carbocycles. The number of fused-ring (bicyclic) bond motifs is 3. The lowest BCUT2D eigenvalue weighted by Gasteiger charge is -2.22. The van der Waals surface area contributed by atoms with Crippen LogP contribution in [0, 0.1) is 29.1 Å². The molecule has 0 N–H and O–H groups in total. The molecule has 88 valence electrons. The van der Waals surface area contributed by atoms with Crippen LogP contribution in [0.5, 0.6) is 0 Å². The van der Waals surface area contributed by atoms with Gasteiger partial charge in [-0.3, -0.25) is 4.79 Å². The molecule has 16 heavy (non-hydrogen) atoms.